The lowest BCUT2D eigenvalue weighted by atomic mass is 10.1. The van der Waals surface area contributed by atoms with E-state index in [1.54, 1.807) is 0 Å². The van der Waals surface area contributed by atoms with Gasteiger partial charge in [0.2, 0.25) is 0 Å². The number of rotatable bonds is 8. The van der Waals surface area contributed by atoms with Gasteiger partial charge in [-0.25, -0.2) is 4.57 Å². The molecular weight excluding hydrogens is 274 g/mol. The summed E-state index contributed by atoms with van der Waals surface area (Å²) in [5, 5.41) is 0. The Hall–Kier alpha value is 0.220. The molecule has 0 bridgehead atoms. The van der Waals surface area contributed by atoms with Crippen molar-refractivity contribution in [3.8, 4) is 0 Å². The molecule has 0 heterocycles. The van der Waals surface area contributed by atoms with E-state index in [2.05, 4.69) is 9.05 Å². The molecule has 10 heteroatoms. The van der Waals surface area contributed by atoms with Gasteiger partial charge in [0.15, 0.2) is 0 Å². The van der Waals surface area contributed by atoms with E-state index in [4.69, 9.17) is 9.79 Å². The molecule has 0 aliphatic rings. The molecule has 0 aromatic rings. The molecule has 2 N–H and O–H groups in total. The molecule has 17 heavy (non-hydrogen) atoms. The van der Waals surface area contributed by atoms with Gasteiger partial charge >= 0.3 is 7.82 Å². The molecule has 0 radical (unpaired) electrons. The summed E-state index contributed by atoms with van der Waals surface area (Å²) in [7, 11) is -9.96. The fourth-order valence-corrected chi connectivity index (χ4v) is 2.40. The summed E-state index contributed by atoms with van der Waals surface area (Å²) in [5.41, 5.74) is 0. The van der Waals surface area contributed by atoms with Gasteiger partial charge in [0.05, 0.1) is 20.0 Å². The van der Waals surface area contributed by atoms with E-state index in [9.17, 15) is 18.9 Å². The van der Waals surface area contributed by atoms with E-state index >= 15 is 0 Å². The number of hydrogen-bond donors (Lipinski definition) is 2. The van der Waals surface area contributed by atoms with Crippen molar-refractivity contribution < 1.29 is 37.8 Å². The summed E-state index contributed by atoms with van der Waals surface area (Å²) in [6, 6.07) is 0. The Kier molecular flexibility index (Phi) is 7.06. The van der Waals surface area contributed by atoms with E-state index in [0.717, 1.165) is 6.42 Å². The predicted molar refractivity (Wildman–Crippen MR) is 54.6 cm³/mol. The minimum absolute atomic E-state index is 0.183. The molecule has 2 unspecified atom stereocenters. The highest BCUT2D eigenvalue weighted by Crippen LogP contribution is 2.41. The Morgan fingerprint density at radius 2 is 1.76 bits per heavy atom. The zero-order valence-electron chi connectivity index (χ0n) is 9.51. The van der Waals surface area contributed by atoms with Crippen molar-refractivity contribution >= 4 is 15.6 Å². The van der Waals surface area contributed by atoms with Gasteiger partial charge in [-0.15, -0.1) is 0 Å². The van der Waals surface area contributed by atoms with Gasteiger partial charge < -0.3 is 28.7 Å². The van der Waals surface area contributed by atoms with Crippen LogP contribution < -0.4 is 9.79 Å². The van der Waals surface area contributed by atoms with Gasteiger partial charge in [0, 0.05) is 0 Å². The minimum Gasteiger partial charge on any atom is -0.790 e. The molecule has 0 aromatic carbocycles. The molecular formula is C7H16O8P2-2. The fraction of sp³-hybridized carbons (Fsp3) is 1.00. The highest BCUT2D eigenvalue weighted by atomic mass is 31.2. The average Bonchev–Trinajstić information content (AvgIpc) is 2.07. The first-order valence-corrected chi connectivity index (χ1v) is 7.98. The maximum atomic E-state index is 10.7. The van der Waals surface area contributed by atoms with Crippen molar-refractivity contribution in [1.82, 2.24) is 0 Å². The van der Waals surface area contributed by atoms with Gasteiger partial charge in [0.25, 0.3) is 0 Å². The summed E-state index contributed by atoms with van der Waals surface area (Å²) in [6.45, 7) is 3.05. The molecule has 0 rings (SSSR count). The summed E-state index contributed by atoms with van der Waals surface area (Å²) in [6.07, 6.45) is -0.925. The number of hydrogen-bond acceptors (Lipinski definition) is 6. The van der Waals surface area contributed by atoms with Crippen LogP contribution in [0.3, 0.4) is 0 Å². The van der Waals surface area contributed by atoms with Gasteiger partial charge in [-0.3, -0.25) is 4.52 Å². The Bertz CT molecular complexity index is 307. The second-order valence-corrected chi connectivity index (χ2v) is 5.83. The molecule has 0 fully saturated rings. The van der Waals surface area contributed by atoms with Crippen LogP contribution in [-0.2, 0) is 18.2 Å². The predicted octanol–water partition coefficient (Wildman–Crippen LogP) is -0.112. The largest absolute Gasteiger partial charge is 0.790 e. The zero-order chi connectivity index (χ0) is 13.7. The number of unbranched alkanes of at least 4 members (excludes halogenated alkanes) is 1. The molecule has 0 amide bonds. The summed E-state index contributed by atoms with van der Waals surface area (Å²) >= 11 is 0. The van der Waals surface area contributed by atoms with Crippen LogP contribution in [0.1, 0.15) is 33.1 Å². The van der Waals surface area contributed by atoms with Crippen molar-refractivity contribution in [2.75, 3.05) is 0 Å². The Morgan fingerprint density at radius 1 is 1.24 bits per heavy atom. The normalized spacial score (nSPS) is 16.8. The topological polar surface area (TPSA) is 139 Å². The van der Waals surface area contributed by atoms with Crippen LogP contribution in [0.15, 0.2) is 0 Å². The van der Waals surface area contributed by atoms with Crippen molar-refractivity contribution in [3.05, 3.63) is 0 Å². The van der Waals surface area contributed by atoms with Crippen LogP contribution in [0.5, 0.6) is 0 Å². The smallest absolute Gasteiger partial charge is 0.469 e. The van der Waals surface area contributed by atoms with Crippen LogP contribution >= 0.6 is 15.6 Å². The van der Waals surface area contributed by atoms with E-state index in [1.165, 1.54) is 6.92 Å². The van der Waals surface area contributed by atoms with Crippen LogP contribution in [0.25, 0.3) is 0 Å². The molecule has 0 saturated carbocycles. The number of phosphoric ester groups is 2. The van der Waals surface area contributed by atoms with Crippen LogP contribution in [0.2, 0.25) is 0 Å². The first-order chi connectivity index (χ1) is 7.55. The third-order valence-electron chi connectivity index (χ3n) is 1.93. The third kappa shape index (κ3) is 9.88. The lowest BCUT2D eigenvalue weighted by molar-refractivity contribution is -0.346. The first kappa shape index (κ1) is 17.2. The first-order valence-electron chi connectivity index (χ1n) is 4.99. The lowest BCUT2D eigenvalue weighted by Gasteiger charge is -2.35. The molecule has 2 atom stereocenters. The van der Waals surface area contributed by atoms with Crippen molar-refractivity contribution in [3.63, 3.8) is 0 Å². The molecule has 0 aromatic heterocycles. The van der Waals surface area contributed by atoms with Crippen molar-refractivity contribution in [1.29, 1.82) is 0 Å². The zero-order valence-corrected chi connectivity index (χ0v) is 11.3. The molecule has 0 aliphatic heterocycles. The summed E-state index contributed by atoms with van der Waals surface area (Å²) in [5.74, 6) is 0. The van der Waals surface area contributed by atoms with E-state index in [-0.39, 0.29) is 6.42 Å². The molecule has 8 nitrogen and oxygen atoms in total. The van der Waals surface area contributed by atoms with Crippen LogP contribution in [0, 0.1) is 0 Å². The minimum atomic E-state index is -5.21. The number of phosphoric acid groups is 2. The van der Waals surface area contributed by atoms with E-state index < -0.39 is 27.9 Å². The average molecular weight is 290 g/mol. The van der Waals surface area contributed by atoms with E-state index in [1.807, 2.05) is 6.92 Å². The van der Waals surface area contributed by atoms with Crippen LogP contribution in [0.4, 0.5) is 0 Å². The molecule has 0 aliphatic carbocycles. The van der Waals surface area contributed by atoms with Crippen LogP contribution in [-0.4, -0.2) is 22.0 Å². The van der Waals surface area contributed by atoms with Crippen molar-refractivity contribution in [2.24, 2.45) is 0 Å². The molecule has 0 saturated heterocycles. The highest BCUT2D eigenvalue weighted by molar-refractivity contribution is 7.46. The second kappa shape index (κ2) is 6.97. The maximum Gasteiger partial charge on any atom is 0.469 e. The maximum absolute atomic E-state index is 10.7. The Labute approximate surface area is 99.4 Å². The SMILES string of the molecule is CCCCC(OP(=O)(O)O)C(C)OP(=O)([O-])[O-]. The monoisotopic (exact) mass is 290 g/mol. The lowest BCUT2D eigenvalue weighted by Crippen LogP contribution is -2.31. The van der Waals surface area contributed by atoms with Gasteiger partial charge in [-0.2, -0.15) is 0 Å². The second-order valence-electron chi connectivity index (χ2n) is 3.53. The Balaban J connectivity index is 4.55. The van der Waals surface area contributed by atoms with Gasteiger partial charge in [-0.05, 0) is 13.3 Å². The molecule has 104 valence electrons. The summed E-state index contributed by atoms with van der Waals surface area (Å²) < 4.78 is 29.6. The van der Waals surface area contributed by atoms with Crippen molar-refractivity contribution in [2.45, 2.75) is 45.3 Å². The fourth-order valence-electron chi connectivity index (χ4n) is 1.23. The standard InChI is InChI=1S/C7H18O8P2/c1-3-4-5-7(15-17(11,12)13)6(2)14-16(8,9)10/h6-7H,3-5H2,1-2H3,(H2,8,9,10)(H2,11,12,13)/p-2. The third-order valence-corrected chi connectivity index (χ3v) is 3.07. The van der Waals surface area contributed by atoms with E-state index in [0.29, 0.717) is 6.42 Å². The quantitative estimate of drug-likeness (QED) is 0.590. The Morgan fingerprint density at radius 3 is 2.12 bits per heavy atom. The molecule has 0 spiro atoms. The van der Waals surface area contributed by atoms with Gasteiger partial charge in [0.1, 0.15) is 0 Å². The van der Waals surface area contributed by atoms with Gasteiger partial charge in [-0.1, -0.05) is 19.8 Å². The highest BCUT2D eigenvalue weighted by Gasteiger charge is 2.27. The summed E-state index contributed by atoms with van der Waals surface area (Å²) in [4.78, 5) is 38.1.